The number of carbonyl (C=O) groups excluding carboxylic acids is 1. The van der Waals surface area contributed by atoms with Gasteiger partial charge < -0.3 is 24.5 Å². The van der Waals surface area contributed by atoms with Gasteiger partial charge in [-0.2, -0.15) is 0 Å². The molecule has 0 fully saturated rings. The summed E-state index contributed by atoms with van der Waals surface area (Å²) < 4.78 is 12.3. The smallest absolute Gasteiger partial charge is 0.407 e. The predicted molar refractivity (Wildman–Crippen MR) is 156 cm³/mol. The molecule has 0 radical (unpaired) electrons. The summed E-state index contributed by atoms with van der Waals surface area (Å²) in [4.78, 5) is 26.6. The van der Waals surface area contributed by atoms with Gasteiger partial charge in [0.2, 0.25) is 0 Å². The molecule has 1 amide bonds. The molecule has 0 aliphatic carbocycles. The Bertz CT molecular complexity index is 894. The maximum absolute atomic E-state index is 12.5. The van der Waals surface area contributed by atoms with Gasteiger partial charge in [0.05, 0.1) is 12.5 Å². The number of ether oxygens (including phenoxy) is 1. The molecule has 2 N–H and O–H groups in total. The Morgan fingerprint density at radius 3 is 2.11 bits per heavy atom. The number of nitrogens with zero attached hydrogens (tertiary/aromatic N) is 1. The number of carbonyl (C=O) groups is 2. The van der Waals surface area contributed by atoms with E-state index < -0.39 is 38.0 Å². The maximum Gasteiger partial charge on any atom is 0.407 e. The highest BCUT2D eigenvalue weighted by atomic mass is 35.5. The van der Waals surface area contributed by atoms with Crippen LogP contribution < -0.4 is 10.2 Å². The van der Waals surface area contributed by atoms with Gasteiger partial charge in [0.1, 0.15) is 5.60 Å². The molecule has 0 saturated carbocycles. The van der Waals surface area contributed by atoms with E-state index in [0.717, 1.165) is 16.8 Å². The van der Waals surface area contributed by atoms with Crippen molar-refractivity contribution in [3.8, 4) is 0 Å². The molecule has 1 rings (SSSR count). The second-order valence-electron chi connectivity index (χ2n) is 11.9. The first-order valence-electron chi connectivity index (χ1n) is 12.8. The molecule has 0 heterocycles. The first kappa shape index (κ1) is 33.5. The first-order chi connectivity index (χ1) is 16.9. The number of hydrogen-bond acceptors (Lipinski definition) is 5. The van der Waals surface area contributed by atoms with Crippen LogP contribution in [0.1, 0.15) is 65.2 Å². The van der Waals surface area contributed by atoms with Crippen LogP contribution in [0.4, 0.5) is 10.5 Å². The average Bonchev–Trinajstić information content (AvgIpc) is 2.73. The molecule has 0 spiro atoms. The topological polar surface area (TPSA) is 88.1 Å². The van der Waals surface area contributed by atoms with Crippen LogP contribution in [0.2, 0.25) is 18.1 Å². The van der Waals surface area contributed by atoms with E-state index in [4.69, 9.17) is 32.4 Å². The highest BCUT2D eigenvalue weighted by Crippen LogP contribution is 2.43. The van der Waals surface area contributed by atoms with Crippen LogP contribution >= 0.6 is 23.2 Å². The Labute approximate surface area is 234 Å². The SMILES string of the molecule is Cc1ccc(N(CCCl)CCCl)cc1C(O[Si](C)(C)C(C)(C)C)C(CNC(=O)OC(C)(C)C)CC(=O)O. The fourth-order valence-electron chi connectivity index (χ4n) is 3.65. The Morgan fingerprint density at radius 1 is 1.08 bits per heavy atom. The van der Waals surface area contributed by atoms with Crippen molar-refractivity contribution < 1.29 is 23.9 Å². The lowest BCUT2D eigenvalue weighted by molar-refractivity contribution is -0.139. The van der Waals surface area contributed by atoms with Crippen molar-refractivity contribution in [1.82, 2.24) is 5.32 Å². The van der Waals surface area contributed by atoms with Gasteiger partial charge in [0.25, 0.3) is 0 Å². The van der Waals surface area contributed by atoms with E-state index in [9.17, 15) is 14.7 Å². The summed E-state index contributed by atoms with van der Waals surface area (Å²) in [6.45, 7) is 19.4. The number of carboxylic acid groups (broad SMARTS) is 1. The first-order valence-corrected chi connectivity index (χ1v) is 16.7. The van der Waals surface area contributed by atoms with Crippen LogP contribution in [-0.4, -0.2) is 62.5 Å². The van der Waals surface area contributed by atoms with Crippen LogP contribution in [0.25, 0.3) is 0 Å². The number of carboxylic acids is 1. The number of anilines is 1. The monoisotopic (exact) mass is 576 g/mol. The van der Waals surface area contributed by atoms with Crippen molar-refractivity contribution in [1.29, 1.82) is 0 Å². The molecule has 0 aromatic heterocycles. The van der Waals surface area contributed by atoms with Crippen LogP contribution in [0.3, 0.4) is 0 Å². The van der Waals surface area contributed by atoms with Gasteiger partial charge in [0, 0.05) is 43.0 Å². The van der Waals surface area contributed by atoms with E-state index in [1.54, 1.807) is 20.8 Å². The lowest BCUT2D eigenvalue weighted by atomic mass is 9.90. The minimum absolute atomic E-state index is 0.0945. The molecule has 0 aliphatic heterocycles. The third kappa shape index (κ3) is 11.0. The van der Waals surface area contributed by atoms with E-state index in [1.807, 2.05) is 19.1 Å². The van der Waals surface area contributed by atoms with Crippen LogP contribution in [-0.2, 0) is 14.0 Å². The number of halogens is 2. The highest BCUT2D eigenvalue weighted by Gasteiger charge is 2.42. The zero-order valence-electron chi connectivity index (χ0n) is 23.9. The van der Waals surface area contributed by atoms with E-state index >= 15 is 0 Å². The molecule has 1 aromatic rings. The number of rotatable bonds is 13. The summed E-state index contributed by atoms with van der Waals surface area (Å²) in [6.07, 6.45) is -1.32. The van der Waals surface area contributed by atoms with Gasteiger partial charge >= 0.3 is 12.1 Å². The summed E-state index contributed by atoms with van der Waals surface area (Å²) in [5.74, 6) is -0.584. The van der Waals surface area contributed by atoms with Crippen LogP contribution in [0, 0.1) is 12.8 Å². The van der Waals surface area contributed by atoms with Gasteiger partial charge in [-0.05, 0) is 69.1 Å². The molecule has 10 heteroatoms. The van der Waals surface area contributed by atoms with Crippen molar-refractivity contribution in [2.75, 3.05) is 36.3 Å². The third-order valence-electron chi connectivity index (χ3n) is 6.64. The van der Waals surface area contributed by atoms with Crippen LogP contribution in [0.15, 0.2) is 18.2 Å². The molecule has 2 unspecified atom stereocenters. The molecule has 7 nitrogen and oxygen atoms in total. The molecule has 212 valence electrons. The lowest BCUT2D eigenvalue weighted by Gasteiger charge is -2.42. The van der Waals surface area contributed by atoms with Crippen molar-refractivity contribution in [3.05, 3.63) is 29.3 Å². The zero-order valence-corrected chi connectivity index (χ0v) is 26.4. The van der Waals surface area contributed by atoms with E-state index in [0.29, 0.717) is 24.8 Å². The predicted octanol–water partition coefficient (Wildman–Crippen LogP) is 6.96. The molecular formula is C27H46Cl2N2O5Si. The molecule has 1 aromatic carbocycles. The Morgan fingerprint density at radius 2 is 1.65 bits per heavy atom. The number of nitrogens with one attached hydrogen (secondary N) is 1. The zero-order chi connectivity index (χ0) is 28.6. The van der Waals surface area contributed by atoms with Crippen molar-refractivity contribution in [3.63, 3.8) is 0 Å². The number of alkyl carbamates (subject to hydrolysis) is 1. The number of alkyl halides is 2. The van der Waals surface area contributed by atoms with E-state index in [2.05, 4.69) is 50.1 Å². The standard InChI is InChI=1S/C27H46Cl2N2O5Si/c1-19-10-11-21(31(14-12-28)15-13-29)17-22(19)24(36-37(8,9)27(5,6)7)20(16-23(32)33)18-30-25(34)35-26(2,3)4/h10-11,17,20,24H,12-16,18H2,1-9H3,(H,30,34)(H,32,33). The van der Waals surface area contributed by atoms with Gasteiger partial charge in [-0.1, -0.05) is 26.8 Å². The van der Waals surface area contributed by atoms with Crippen LogP contribution in [0.5, 0.6) is 0 Å². The number of benzene rings is 1. The Hall–Kier alpha value is -1.48. The summed E-state index contributed by atoms with van der Waals surface area (Å²) in [5, 5.41) is 12.5. The molecule has 0 bridgehead atoms. The third-order valence-corrected chi connectivity index (χ3v) is 11.4. The van der Waals surface area contributed by atoms with Crippen molar-refractivity contribution in [2.24, 2.45) is 5.92 Å². The highest BCUT2D eigenvalue weighted by molar-refractivity contribution is 6.74. The summed E-state index contributed by atoms with van der Waals surface area (Å²) in [7, 11) is -2.35. The normalized spacial score (nSPS) is 14.1. The molecule has 2 atom stereocenters. The minimum atomic E-state index is -2.35. The van der Waals surface area contributed by atoms with Crippen molar-refractivity contribution >= 4 is 49.3 Å². The molecule has 37 heavy (non-hydrogen) atoms. The van der Waals surface area contributed by atoms with E-state index in [-0.39, 0.29) is 18.0 Å². The second kappa shape index (κ2) is 14.1. The summed E-state index contributed by atoms with van der Waals surface area (Å²) in [5.41, 5.74) is 2.16. The maximum atomic E-state index is 12.5. The van der Waals surface area contributed by atoms with Gasteiger partial charge in [0.15, 0.2) is 8.32 Å². The summed E-state index contributed by atoms with van der Waals surface area (Å²) >= 11 is 12.1. The lowest BCUT2D eigenvalue weighted by Crippen LogP contribution is -2.45. The fraction of sp³-hybridized carbons (Fsp3) is 0.704. The largest absolute Gasteiger partial charge is 0.481 e. The Balaban J connectivity index is 3.58. The van der Waals surface area contributed by atoms with Crippen molar-refractivity contribution in [2.45, 2.75) is 84.7 Å². The molecular weight excluding hydrogens is 531 g/mol. The second-order valence-corrected chi connectivity index (χ2v) is 17.5. The fourth-order valence-corrected chi connectivity index (χ4v) is 5.37. The number of hydrogen-bond donors (Lipinski definition) is 2. The quantitative estimate of drug-likeness (QED) is 0.195. The van der Waals surface area contributed by atoms with Gasteiger partial charge in [-0.3, -0.25) is 4.79 Å². The molecule has 0 saturated heterocycles. The van der Waals surface area contributed by atoms with Gasteiger partial charge in [-0.25, -0.2) is 4.79 Å². The minimum Gasteiger partial charge on any atom is -0.481 e. The number of aliphatic carboxylic acids is 1. The average molecular weight is 578 g/mol. The number of aryl methyl sites for hydroxylation is 1. The Kier molecular flexibility index (Phi) is 12.7. The van der Waals surface area contributed by atoms with Gasteiger partial charge in [-0.15, -0.1) is 23.2 Å². The number of amides is 1. The molecule has 0 aliphatic rings. The summed E-state index contributed by atoms with van der Waals surface area (Å²) in [6, 6.07) is 6.09. The van der Waals surface area contributed by atoms with E-state index in [1.165, 1.54) is 0 Å².